The summed E-state index contributed by atoms with van der Waals surface area (Å²) >= 11 is 0. The monoisotopic (exact) mass is 630 g/mol. The van der Waals surface area contributed by atoms with Gasteiger partial charge in [0.1, 0.15) is 0 Å². The highest BCUT2D eigenvalue weighted by Crippen LogP contribution is 2.14. The number of carbonyl (C=O) groups is 1. The summed E-state index contributed by atoms with van der Waals surface area (Å²) in [7, 11) is 0. The quantitative estimate of drug-likeness (QED) is 0.0490. The molecule has 2 atom stereocenters. The van der Waals surface area contributed by atoms with Crippen LogP contribution in [0.1, 0.15) is 187 Å². The highest BCUT2D eigenvalue weighted by molar-refractivity contribution is 5.76. The average molecular weight is 630 g/mol. The number of aliphatic hydroxyl groups is 2. The van der Waals surface area contributed by atoms with Crippen molar-refractivity contribution in [1.29, 1.82) is 0 Å². The molecule has 0 saturated carbocycles. The normalized spacial score (nSPS) is 13.6. The fraction of sp³-hybridized carbons (Fsp3) is 0.780. The second kappa shape index (κ2) is 36.8. The second-order valence-corrected chi connectivity index (χ2v) is 13.0. The fourth-order valence-corrected chi connectivity index (χ4v) is 5.52. The van der Waals surface area contributed by atoms with Gasteiger partial charge in [0.05, 0.1) is 18.8 Å². The molecule has 0 heterocycles. The number of allylic oxidation sites excluding steroid dienone is 7. The third kappa shape index (κ3) is 33.5. The molecule has 0 aliphatic carbocycles. The lowest BCUT2D eigenvalue weighted by Crippen LogP contribution is -2.45. The Morgan fingerprint density at radius 2 is 0.978 bits per heavy atom. The molecule has 0 spiro atoms. The summed E-state index contributed by atoms with van der Waals surface area (Å²) in [6, 6.07) is -0.645. The van der Waals surface area contributed by atoms with Gasteiger partial charge in [-0.15, -0.1) is 0 Å². The van der Waals surface area contributed by atoms with Crippen LogP contribution in [0.2, 0.25) is 0 Å². The first-order chi connectivity index (χ1) is 22.2. The number of unbranched alkanes of at least 4 members (excludes halogenated alkanes) is 21. The molecule has 0 aromatic carbocycles. The van der Waals surface area contributed by atoms with E-state index < -0.39 is 12.1 Å². The van der Waals surface area contributed by atoms with Crippen LogP contribution < -0.4 is 5.32 Å². The van der Waals surface area contributed by atoms with Crippen LogP contribution in [0.3, 0.4) is 0 Å². The van der Waals surface area contributed by atoms with E-state index in [1.165, 1.54) is 116 Å². The Bertz CT molecular complexity index is 726. The van der Waals surface area contributed by atoms with Crippen LogP contribution >= 0.6 is 0 Å². The third-order valence-corrected chi connectivity index (χ3v) is 8.52. The molecule has 0 aliphatic heterocycles. The van der Waals surface area contributed by atoms with Crippen LogP contribution in [0.4, 0.5) is 0 Å². The van der Waals surface area contributed by atoms with Gasteiger partial charge in [-0.2, -0.15) is 0 Å². The predicted molar refractivity (Wildman–Crippen MR) is 198 cm³/mol. The van der Waals surface area contributed by atoms with Crippen LogP contribution in [-0.4, -0.2) is 34.9 Å². The zero-order chi connectivity index (χ0) is 32.9. The Morgan fingerprint density at radius 3 is 1.51 bits per heavy atom. The smallest absolute Gasteiger partial charge is 0.220 e. The first kappa shape index (κ1) is 43.4. The van der Waals surface area contributed by atoms with Gasteiger partial charge in [-0.25, -0.2) is 0 Å². The minimum Gasteiger partial charge on any atom is -0.394 e. The van der Waals surface area contributed by atoms with E-state index >= 15 is 0 Å². The molecule has 0 aromatic rings. The van der Waals surface area contributed by atoms with E-state index in [1.54, 1.807) is 6.08 Å². The van der Waals surface area contributed by atoms with Crippen LogP contribution in [0.25, 0.3) is 0 Å². The summed E-state index contributed by atoms with van der Waals surface area (Å²) in [5.41, 5.74) is 0. The minimum absolute atomic E-state index is 0.0907. The number of carbonyl (C=O) groups excluding carboxylic acids is 1. The molecule has 1 amide bonds. The van der Waals surface area contributed by atoms with Gasteiger partial charge in [0.15, 0.2) is 0 Å². The topological polar surface area (TPSA) is 69.6 Å². The Morgan fingerprint density at radius 1 is 0.533 bits per heavy atom. The van der Waals surface area contributed by atoms with Gasteiger partial charge in [0.25, 0.3) is 0 Å². The van der Waals surface area contributed by atoms with Crippen molar-refractivity contribution in [2.45, 2.75) is 199 Å². The molecule has 262 valence electrons. The van der Waals surface area contributed by atoms with E-state index in [0.717, 1.165) is 51.4 Å². The average Bonchev–Trinajstić information content (AvgIpc) is 3.04. The van der Waals surface area contributed by atoms with E-state index in [9.17, 15) is 15.0 Å². The largest absolute Gasteiger partial charge is 0.394 e. The van der Waals surface area contributed by atoms with Gasteiger partial charge >= 0.3 is 0 Å². The van der Waals surface area contributed by atoms with E-state index in [0.29, 0.717) is 6.42 Å². The van der Waals surface area contributed by atoms with E-state index in [1.807, 2.05) is 6.08 Å². The van der Waals surface area contributed by atoms with Crippen LogP contribution in [0, 0.1) is 0 Å². The van der Waals surface area contributed by atoms with Gasteiger partial charge in [0.2, 0.25) is 5.91 Å². The molecule has 4 nitrogen and oxygen atoms in total. The molecule has 4 heteroatoms. The van der Waals surface area contributed by atoms with Crippen molar-refractivity contribution < 1.29 is 15.0 Å². The molecule has 2 unspecified atom stereocenters. The van der Waals surface area contributed by atoms with Gasteiger partial charge < -0.3 is 15.5 Å². The molecule has 0 aliphatic rings. The molecule has 3 N–H and O–H groups in total. The summed E-state index contributed by atoms with van der Waals surface area (Å²) in [5, 5.41) is 22.9. The molecular weight excluding hydrogens is 554 g/mol. The summed E-state index contributed by atoms with van der Waals surface area (Å²) in [4.78, 5) is 12.3. The maximum absolute atomic E-state index is 12.3. The van der Waals surface area contributed by atoms with Crippen LogP contribution in [0.15, 0.2) is 48.6 Å². The number of rotatable bonds is 34. The molecular formula is C41H75NO3. The minimum atomic E-state index is -0.867. The molecule has 0 bridgehead atoms. The number of aliphatic hydroxyl groups excluding tert-OH is 2. The van der Waals surface area contributed by atoms with Crippen LogP contribution in [-0.2, 0) is 4.79 Å². The van der Waals surface area contributed by atoms with Gasteiger partial charge in [-0.05, 0) is 57.8 Å². The Labute approximate surface area is 280 Å². The first-order valence-electron chi connectivity index (χ1n) is 19.4. The molecule has 0 saturated heterocycles. The van der Waals surface area contributed by atoms with E-state index in [-0.39, 0.29) is 12.5 Å². The summed E-state index contributed by atoms with van der Waals surface area (Å²) < 4.78 is 0. The zero-order valence-corrected chi connectivity index (χ0v) is 29.9. The summed E-state index contributed by atoms with van der Waals surface area (Å²) in [6.07, 6.45) is 49.2. The first-order valence-corrected chi connectivity index (χ1v) is 19.4. The van der Waals surface area contributed by atoms with Crippen molar-refractivity contribution in [3.63, 3.8) is 0 Å². The molecule has 0 fully saturated rings. The molecule has 0 aromatic heterocycles. The number of hydrogen-bond donors (Lipinski definition) is 3. The molecule has 45 heavy (non-hydrogen) atoms. The number of nitrogens with one attached hydrogen (secondary N) is 1. The van der Waals surface area contributed by atoms with Gasteiger partial charge in [-0.1, -0.05) is 172 Å². The number of amides is 1. The van der Waals surface area contributed by atoms with Crippen molar-refractivity contribution >= 4 is 5.91 Å². The number of hydrogen-bond acceptors (Lipinski definition) is 3. The molecule has 0 rings (SSSR count). The Kier molecular flexibility index (Phi) is 35.5. The summed E-state index contributed by atoms with van der Waals surface area (Å²) in [5.74, 6) is -0.0907. The predicted octanol–water partition coefficient (Wildman–Crippen LogP) is 11.6. The van der Waals surface area contributed by atoms with Crippen molar-refractivity contribution in [2.75, 3.05) is 6.61 Å². The van der Waals surface area contributed by atoms with Gasteiger partial charge in [-0.3, -0.25) is 4.79 Å². The van der Waals surface area contributed by atoms with Crippen molar-refractivity contribution in [2.24, 2.45) is 0 Å². The lowest BCUT2D eigenvalue weighted by atomic mass is 10.0. The summed E-state index contributed by atoms with van der Waals surface area (Å²) in [6.45, 7) is 4.22. The lowest BCUT2D eigenvalue weighted by molar-refractivity contribution is -0.123. The standard InChI is InChI=1S/C41H75NO3/c1-3-5-7-9-11-13-15-17-18-19-20-21-22-23-25-26-28-30-32-34-36-40(44)39(38-43)42-41(45)37-35-33-31-29-27-24-16-14-12-10-8-6-4-2/h8,10,14,16,26,28,34,36,39-40,43-44H,3-7,9,11-13,15,17-25,27,29-33,35,37-38H2,1-2H3,(H,42,45)/b10-8-,16-14-,28-26+,36-34+. The SMILES string of the molecule is CCC/C=C\C/C=C\CCCCCCCC(=O)NC(CO)C(O)/C=C/CC/C=C/CCCCCCCCCCCCCCCC. The maximum atomic E-state index is 12.3. The van der Waals surface area contributed by atoms with E-state index in [2.05, 4.69) is 55.6 Å². The van der Waals surface area contributed by atoms with Crippen LogP contribution in [0.5, 0.6) is 0 Å². The maximum Gasteiger partial charge on any atom is 0.220 e. The second-order valence-electron chi connectivity index (χ2n) is 13.0. The van der Waals surface area contributed by atoms with Gasteiger partial charge in [0, 0.05) is 6.42 Å². The highest BCUT2D eigenvalue weighted by Gasteiger charge is 2.17. The fourth-order valence-electron chi connectivity index (χ4n) is 5.52. The third-order valence-electron chi connectivity index (χ3n) is 8.52. The zero-order valence-electron chi connectivity index (χ0n) is 29.9. The van der Waals surface area contributed by atoms with Crippen molar-refractivity contribution in [3.8, 4) is 0 Å². The van der Waals surface area contributed by atoms with Crippen molar-refractivity contribution in [1.82, 2.24) is 5.32 Å². The Balaban J connectivity index is 3.67. The Hall–Kier alpha value is -1.65. The van der Waals surface area contributed by atoms with Crippen molar-refractivity contribution in [3.05, 3.63) is 48.6 Å². The lowest BCUT2D eigenvalue weighted by Gasteiger charge is -2.19. The molecule has 0 radical (unpaired) electrons. The highest BCUT2D eigenvalue weighted by atomic mass is 16.3. The van der Waals surface area contributed by atoms with E-state index in [4.69, 9.17) is 0 Å².